The zero-order valence-corrected chi connectivity index (χ0v) is 15.7. The summed E-state index contributed by atoms with van der Waals surface area (Å²) in [4.78, 5) is 36.6. The molecule has 0 spiro atoms. The maximum atomic E-state index is 12.3. The quantitative estimate of drug-likeness (QED) is 0.611. The second-order valence-corrected chi connectivity index (χ2v) is 6.99. The molecule has 0 aliphatic rings. The molecule has 1 amide bonds. The van der Waals surface area contributed by atoms with Gasteiger partial charge in [-0.3, -0.25) is 14.4 Å². The summed E-state index contributed by atoms with van der Waals surface area (Å²) in [5, 5.41) is 5.84. The lowest BCUT2D eigenvalue weighted by Gasteiger charge is -2.22. The Balaban J connectivity index is 4.63. The smallest absolute Gasteiger partial charge is 0.237 e. The molecule has 0 aliphatic carbocycles. The number of rotatable bonds is 11. The molecule has 3 atom stereocenters. The van der Waals surface area contributed by atoms with E-state index in [4.69, 9.17) is 0 Å². The summed E-state index contributed by atoms with van der Waals surface area (Å²) >= 11 is 0. The van der Waals surface area contributed by atoms with Crippen LogP contribution in [0.3, 0.4) is 0 Å². The third-order valence-corrected chi connectivity index (χ3v) is 3.87. The molecule has 0 aromatic carbocycles. The monoisotopic (exact) mass is 326 g/mol. The Morgan fingerprint density at radius 2 is 1.48 bits per heavy atom. The molecule has 134 valence electrons. The molecular formula is C18H34N2O3. The van der Waals surface area contributed by atoms with Crippen molar-refractivity contribution in [2.75, 3.05) is 0 Å². The van der Waals surface area contributed by atoms with E-state index in [0.29, 0.717) is 6.42 Å². The Labute approximate surface area is 141 Å². The van der Waals surface area contributed by atoms with E-state index in [1.54, 1.807) is 13.8 Å². The van der Waals surface area contributed by atoms with Crippen LogP contribution < -0.4 is 10.6 Å². The molecule has 0 saturated carbocycles. The van der Waals surface area contributed by atoms with Gasteiger partial charge >= 0.3 is 0 Å². The van der Waals surface area contributed by atoms with Crippen molar-refractivity contribution in [3.63, 3.8) is 0 Å². The molecule has 23 heavy (non-hydrogen) atoms. The van der Waals surface area contributed by atoms with E-state index in [0.717, 1.165) is 6.42 Å². The average Bonchev–Trinajstić information content (AvgIpc) is 2.44. The molecule has 2 N–H and O–H groups in total. The summed E-state index contributed by atoms with van der Waals surface area (Å²) in [7, 11) is 0. The molecule has 5 heteroatoms. The second kappa shape index (κ2) is 10.5. The number of carbonyl (C=O) groups is 3. The molecule has 0 radical (unpaired) electrons. The van der Waals surface area contributed by atoms with Crippen LogP contribution in [0.2, 0.25) is 0 Å². The Kier molecular flexibility index (Phi) is 9.96. The summed E-state index contributed by atoms with van der Waals surface area (Å²) in [6.45, 7) is 13.1. The van der Waals surface area contributed by atoms with Crippen LogP contribution in [0.5, 0.6) is 0 Å². The van der Waals surface area contributed by atoms with Gasteiger partial charge in [0, 0.05) is 24.3 Å². The van der Waals surface area contributed by atoms with Gasteiger partial charge in [0.05, 0.1) is 12.1 Å². The number of carbonyl (C=O) groups excluding carboxylic acids is 3. The first-order valence-electron chi connectivity index (χ1n) is 8.72. The van der Waals surface area contributed by atoms with Gasteiger partial charge in [-0.1, -0.05) is 41.0 Å². The summed E-state index contributed by atoms with van der Waals surface area (Å²) < 4.78 is 0. The molecular weight excluding hydrogens is 292 g/mol. The first kappa shape index (κ1) is 21.8. The minimum atomic E-state index is -0.571. The number of ketones is 2. The molecule has 0 saturated heterocycles. The molecule has 0 unspecified atom stereocenters. The van der Waals surface area contributed by atoms with Gasteiger partial charge in [0.15, 0.2) is 5.78 Å². The largest absolute Gasteiger partial charge is 0.345 e. The van der Waals surface area contributed by atoms with Crippen molar-refractivity contribution in [1.82, 2.24) is 10.6 Å². The molecule has 0 aliphatic heterocycles. The summed E-state index contributed by atoms with van der Waals surface area (Å²) in [6.07, 6.45) is 1.79. The van der Waals surface area contributed by atoms with Crippen LogP contribution >= 0.6 is 0 Å². The van der Waals surface area contributed by atoms with Crippen LogP contribution in [0, 0.1) is 11.8 Å². The highest BCUT2D eigenvalue weighted by Gasteiger charge is 2.26. The maximum Gasteiger partial charge on any atom is 0.237 e. The zero-order chi connectivity index (χ0) is 18.2. The second-order valence-electron chi connectivity index (χ2n) is 6.99. The molecule has 0 bridgehead atoms. The fourth-order valence-corrected chi connectivity index (χ4v) is 2.58. The van der Waals surface area contributed by atoms with Gasteiger partial charge in [0.2, 0.25) is 5.91 Å². The number of Topliss-reactive ketones (excluding diaryl/α,β-unsaturated/α-hetero) is 2. The van der Waals surface area contributed by atoms with Crippen LogP contribution in [0.4, 0.5) is 0 Å². The van der Waals surface area contributed by atoms with E-state index in [9.17, 15) is 14.4 Å². The minimum absolute atomic E-state index is 0.0699. The standard InChI is InChI=1S/C18H34N2O3/c1-8-9-15(17(22)11(2)3)10-16(21)13(6)20-18(23)14(7)19-12(4)5/h11-15,19H,8-10H2,1-7H3,(H,20,23)/t13-,14-,15+/m0/s1. The molecule has 0 heterocycles. The maximum absolute atomic E-state index is 12.3. The van der Waals surface area contributed by atoms with E-state index in [2.05, 4.69) is 10.6 Å². The van der Waals surface area contributed by atoms with Crippen molar-refractivity contribution < 1.29 is 14.4 Å². The number of nitrogens with one attached hydrogen (secondary N) is 2. The van der Waals surface area contributed by atoms with E-state index >= 15 is 0 Å². The highest BCUT2D eigenvalue weighted by atomic mass is 16.2. The van der Waals surface area contributed by atoms with Crippen molar-refractivity contribution in [2.24, 2.45) is 11.8 Å². The first-order valence-corrected chi connectivity index (χ1v) is 8.72. The summed E-state index contributed by atoms with van der Waals surface area (Å²) in [5.41, 5.74) is 0. The van der Waals surface area contributed by atoms with Gasteiger partial charge in [-0.05, 0) is 20.3 Å². The average molecular weight is 326 g/mol. The SMILES string of the molecule is CCC[C@H](CC(=O)[C@H](C)NC(=O)[C@H](C)NC(C)C)C(=O)C(C)C. The van der Waals surface area contributed by atoms with Crippen LogP contribution in [0.15, 0.2) is 0 Å². The van der Waals surface area contributed by atoms with E-state index in [1.807, 2.05) is 34.6 Å². The van der Waals surface area contributed by atoms with Crippen molar-refractivity contribution >= 4 is 17.5 Å². The molecule has 0 rings (SSSR count). The summed E-state index contributed by atoms with van der Waals surface area (Å²) in [5.74, 6) is -0.449. The summed E-state index contributed by atoms with van der Waals surface area (Å²) in [6, 6.07) is -0.730. The fourth-order valence-electron chi connectivity index (χ4n) is 2.58. The van der Waals surface area contributed by atoms with Crippen LogP contribution in [-0.2, 0) is 14.4 Å². The predicted molar refractivity (Wildman–Crippen MR) is 93.2 cm³/mol. The highest BCUT2D eigenvalue weighted by molar-refractivity contribution is 5.93. The molecule has 0 aromatic rings. The predicted octanol–water partition coefficient (Wildman–Crippen LogP) is 2.48. The van der Waals surface area contributed by atoms with E-state index in [-0.39, 0.29) is 47.8 Å². The Morgan fingerprint density at radius 3 is 1.91 bits per heavy atom. The molecule has 0 fully saturated rings. The van der Waals surface area contributed by atoms with Gasteiger partial charge in [0.25, 0.3) is 0 Å². The third-order valence-electron chi connectivity index (χ3n) is 3.87. The van der Waals surface area contributed by atoms with Crippen molar-refractivity contribution in [1.29, 1.82) is 0 Å². The Hall–Kier alpha value is -1.23. The zero-order valence-electron chi connectivity index (χ0n) is 15.7. The van der Waals surface area contributed by atoms with Crippen LogP contribution in [-0.4, -0.2) is 35.6 Å². The van der Waals surface area contributed by atoms with Gasteiger partial charge in [-0.25, -0.2) is 0 Å². The lowest BCUT2D eigenvalue weighted by molar-refractivity contribution is -0.132. The normalized spacial score (nSPS) is 15.3. The first-order chi connectivity index (χ1) is 10.6. The lowest BCUT2D eigenvalue weighted by atomic mass is 9.86. The van der Waals surface area contributed by atoms with Crippen molar-refractivity contribution in [2.45, 2.75) is 85.9 Å². The molecule has 0 aromatic heterocycles. The highest BCUT2D eigenvalue weighted by Crippen LogP contribution is 2.18. The van der Waals surface area contributed by atoms with E-state index in [1.165, 1.54) is 0 Å². The number of hydrogen-bond acceptors (Lipinski definition) is 4. The Bertz CT molecular complexity index is 405. The third kappa shape index (κ3) is 8.26. The van der Waals surface area contributed by atoms with E-state index < -0.39 is 6.04 Å². The fraction of sp³-hybridized carbons (Fsp3) is 0.833. The molecule has 5 nitrogen and oxygen atoms in total. The van der Waals surface area contributed by atoms with Gasteiger partial charge in [0.1, 0.15) is 5.78 Å². The van der Waals surface area contributed by atoms with Crippen molar-refractivity contribution in [3.8, 4) is 0 Å². The van der Waals surface area contributed by atoms with Crippen molar-refractivity contribution in [3.05, 3.63) is 0 Å². The van der Waals surface area contributed by atoms with Gasteiger partial charge < -0.3 is 10.6 Å². The van der Waals surface area contributed by atoms with Gasteiger partial charge in [-0.2, -0.15) is 0 Å². The van der Waals surface area contributed by atoms with Crippen LogP contribution in [0.1, 0.15) is 67.7 Å². The minimum Gasteiger partial charge on any atom is -0.345 e. The number of hydrogen-bond donors (Lipinski definition) is 2. The van der Waals surface area contributed by atoms with Gasteiger partial charge in [-0.15, -0.1) is 0 Å². The van der Waals surface area contributed by atoms with Crippen LogP contribution in [0.25, 0.3) is 0 Å². The Morgan fingerprint density at radius 1 is 0.913 bits per heavy atom. The lowest BCUT2D eigenvalue weighted by Crippen LogP contribution is -2.49. The topological polar surface area (TPSA) is 75.3 Å². The number of amides is 1.